The molecule has 10 heteroatoms. The summed E-state index contributed by atoms with van der Waals surface area (Å²) >= 11 is 0. The molecule has 0 aliphatic rings. The number of hydrogen-bond acceptors (Lipinski definition) is 6. The number of nitrogens with zero attached hydrogens (tertiary/aromatic N) is 4. The molecule has 0 spiro atoms. The molecule has 0 unspecified atom stereocenters. The van der Waals surface area contributed by atoms with E-state index >= 15 is 0 Å². The molecule has 2 rings (SSSR count). The van der Waals surface area contributed by atoms with Crippen LogP contribution < -0.4 is 0 Å². The van der Waals surface area contributed by atoms with E-state index in [4.69, 9.17) is 10.7 Å². The van der Waals surface area contributed by atoms with Gasteiger partial charge in [-0.15, -0.1) is 0 Å². The first kappa shape index (κ1) is 14.4. The van der Waals surface area contributed by atoms with Gasteiger partial charge in [-0.25, -0.2) is 8.42 Å². The van der Waals surface area contributed by atoms with Crippen LogP contribution in [0.25, 0.3) is 0 Å². The molecule has 0 saturated carbocycles. The minimum atomic E-state index is -4.21. The Bertz CT molecular complexity index is 729. The quantitative estimate of drug-likeness (QED) is 0.468. The van der Waals surface area contributed by atoms with Gasteiger partial charge in [-0.2, -0.15) is 4.68 Å². The van der Waals surface area contributed by atoms with E-state index in [0.29, 0.717) is 6.42 Å². The molecule has 0 radical (unpaired) electrons. The lowest BCUT2D eigenvalue weighted by Crippen LogP contribution is -2.03. The first-order valence-corrected chi connectivity index (χ1v) is 7.75. The minimum Gasteiger partial charge on any atom is -0.358 e. The van der Waals surface area contributed by atoms with Crippen LogP contribution in [-0.2, 0) is 22.0 Å². The van der Waals surface area contributed by atoms with Crippen LogP contribution in [0.15, 0.2) is 35.5 Å². The van der Waals surface area contributed by atoms with Crippen LogP contribution in [0.4, 0.5) is 5.82 Å². The van der Waals surface area contributed by atoms with E-state index < -0.39 is 24.7 Å². The molecule has 0 saturated heterocycles. The Hall–Kier alpha value is -2.00. The Morgan fingerprint density at radius 3 is 2.65 bits per heavy atom. The summed E-state index contributed by atoms with van der Waals surface area (Å²) in [5.41, 5.74) is 0.765. The first-order chi connectivity index (χ1) is 9.38. The maximum Gasteiger partial charge on any atom is 0.410 e. The SMILES string of the molecule is O=[N+]([O-])c1nn(CCc2ccccn2)cc1S(=O)(=O)Cl. The van der Waals surface area contributed by atoms with Gasteiger partial charge in [0.15, 0.2) is 0 Å². The molecule has 0 aliphatic carbocycles. The van der Waals surface area contributed by atoms with Gasteiger partial charge in [-0.1, -0.05) is 6.07 Å². The Balaban J connectivity index is 2.24. The largest absolute Gasteiger partial charge is 0.410 e. The molecule has 2 heterocycles. The third kappa shape index (κ3) is 3.31. The predicted molar refractivity (Wildman–Crippen MR) is 69.9 cm³/mol. The number of pyridine rings is 1. The highest BCUT2D eigenvalue weighted by molar-refractivity contribution is 8.13. The molecule has 2 aromatic heterocycles. The Morgan fingerprint density at radius 1 is 1.40 bits per heavy atom. The van der Waals surface area contributed by atoms with Crippen molar-refractivity contribution in [1.82, 2.24) is 14.8 Å². The van der Waals surface area contributed by atoms with E-state index in [9.17, 15) is 18.5 Å². The molecule has 0 fully saturated rings. The van der Waals surface area contributed by atoms with E-state index in [1.807, 2.05) is 6.07 Å². The number of rotatable bonds is 5. The summed E-state index contributed by atoms with van der Waals surface area (Å²) in [5.74, 6) is -0.777. The van der Waals surface area contributed by atoms with Gasteiger partial charge in [0.25, 0.3) is 9.05 Å². The number of halogens is 1. The van der Waals surface area contributed by atoms with E-state index in [1.54, 1.807) is 18.3 Å². The molecule has 0 N–H and O–H groups in total. The predicted octanol–water partition coefficient (Wildman–Crippen LogP) is 1.36. The highest BCUT2D eigenvalue weighted by Crippen LogP contribution is 2.24. The fourth-order valence-corrected chi connectivity index (χ4v) is 2.49. The van der Waals surface area contributed by atoms with Crippen molar-refractivity contribution in [2.75, 3.05) is 0 Å². The Morgan fingerprint density at radius 2 is 2.15 bits per heavy atom. The topological polar surface area (TPSA) is 108 Å². The second kappa shape index (κ2) is 5.55. The van der Waals surface area contributed by atoms with Gasteiger partial charge in [0.2, 0.25) is 4.90 Å². The minimum absolute atomic E-state index is 0.254. The van der Waals surface area contributed by atoms with Crippen LogP contribution in [0.3, 0.4) is 0 Å². The van der Waals surface area contributed by atoms with E-state index in [-0.39, 0.29) is 6.54 Å². The second-order valence-corrected chi connectivity index (χ2v) is 6.38. The summed E-state index contributed by atoms with van der Waals surface area (Å²) in [5, 5.41) is 14.4. The molecule has 0 amide bonds. The highest BCUT2D eigenvalue weighted by Gasteiger charge is 2.29. The zero-order valence-electron chi connectivity index (χ0n) is 10.0. The number of nitro groups is 1. The van der Waals surface area contributed by atoms with Crippen LogP contribution in [0.5, 0.6) is 0 Å². The molecular formula is C10H9ClN4O4S. The molecule has 0 aromatic carbocycles. The summed E-state index contributed by atoms with van der Waals surface area (Å²) in [6.07, 6.45) is 3.13. The standard InChI is InChI=1S/C10H9ClN4O4S/c11-20(18,19)9-7-14(13-10(9)15(16)17)6-4-8-3-1-2-5-12-8/h1-3,5,7H,4,6H2. The molecule has 0 bridgehead atoms. The highest BCUT2D eigenvalue weighted by atomic mass is 35.7. The van der Waals surface area contributed by atoms with Crippen LogP contribution in [0, 0.1) is 10.1 Å². The molecule has 106 valence electrons. The van der Waals surface area contributed by atoms with Crippen molar-refractivity contribution < 1.29 is 13.3 Å². The summed E-state index contributed by atoms with van der Waals surface area (Å²) < 4.78 is 23.7. The van der Waals surface area contributed by atoms with Gasteiger partial charge in [0, 0.05) is 29.0 Å². The smallest absolute Gasteiger partial charge is 0.358 e. The van der Waals surface area contributed by atoms with Crippen molar-refractivity contribution in [3.05, 3.63) is 46.4 Å². The summed E-state index contributed by atoms with van der Waals surface area (Å²) in [4.78, 5) is 13.3. The summed E-state index contributed by atoms with van der Waals surface area (Å²) in [7, 11) is 0.931. The van der Waals surface area contributed by atoms with E-state index in [1.165, 1.54) is 4.68 Å². The van der Waals surface area contributed by atoms with Gasteiger partial charge < -0.3 is 10.1 Å². The van der Waals surface area contributed by atoms with Crippen LogP contribution >= 0.6 is 10.7 Å². The van der Waals surface area contributed by atoms with Gasteiger partial charge in [0.1, 0.15) is 0 Å². The molecular weight excluding hydrogens is 308 g/mol. The number of aromatic nitrogens is 3. The molecule has 0 atom stereocenters. The fourth-order valence-electron chi connectivity index (χ4n) is 1.58. The monoisotopic (exact) mass is 316 g/mol. The average Bonchev–Trinajstić information content (AvgIpc) is 2.82. The number of aryl methyl sites for hydroxylation is 2. The van der Waals surface area contributed by atoms with Gasteiger partial charge in [-0.05, 0) is 17.1 Å². The van der Waals surface area contributed by atoms with Crippen molar-refractivity contribution in [1.29, 1.82) is 0 Å². The summed E-state index contributed by atoms with van der Waals surface area (Å²) in [6.45, 7) is 0.254. The van der Waals surface area contributed by atoms with Crippen LogP contribution in [0.1, 0.15) is 5.69 Å². The second-order valence-electron chi connectivity index (χ2n) is 3.85. The fraction of sp³-hybridized carbons (Fsp3) is 0.200. The normalized spacial score (nSPS) is 11.4. The lowest BCUT2D eigenvalue weighted by atomic mass is 10.3. The van der Waals surface area contributed by atoms with Crippen molar-refractivity contribution >= 4 is 25.6 Å². The lowest BCUT2D eigenvalue weighted by Gasteiger charge is -1.97. The molecule has 8 nitrogen and oxygen atoms in total. The van der Waals surface area contributed by atoms with Crippen LogP contribution in [-0.4, -0.2) is 28.1 Å². The third-order valence-corrected chi connectivity index (χ3v) is 3.78. The molecule has 0 aliphatic heterocycles. The Labute approximate surface area is 118 Å². The van der Waals surface area contributed by atoms with Crippen molar-refractivity contribution in [3.8, 4) is 0 Å². The Kier molecular flexibility index (Phi) is 4.00. The zero-order chi connectivity index (χ0) is 14.8. The molecule has 2 aromatic rings. The maximum absolute atomic E-state index is 11.2. The third-order valence-electron chi connectivity index (χ3n) is 2.47. The first-order valence-electron chi connectivity index (χ1n) is 5.44. The maximum atomic E-state index is 11.2. The summed E-state index contributed by atoms with van der Waals surface area (Å²) in [6, 6.07) is 5.36. The van der Waals surface area contributed by atoms with Crippen molar-refractivity contribution in [2.24, 2.45) is 0 Å². The van der Waals surface area contributed by atoms with E-state index in [0.717, 1.165) is 11.9 Å². The van der Waals surface area contributed by atoms with E-state index in [2.05, 4.69) is 10.1 Å². The van der Waals surface area contributed by atoms with Crippen molar-refractivity contribution in [2.45, 2.75) is 17.9 Å². The average molecular weight is 317 g/mol. The lowest BCUT2D eigenvalue weighted by molar-refractivity contribution is -0.392. The zero-order valence-corrected chi connectivity index (χ0v) is 11.6. The number of hydrogen-bond donors (Lipinski definition) is 0. The van der Waals surface area contributed by atoms with Crippen LogP contribution in [0.2, 0.25) is 0 Å². The van der Waals surface area contributed by atoms with Crippen molar-refractivity contribution in [3.63, 3.8) is 0 Å². The van der Waals surface area contributed by atoms with Gasteiger partial charge in [-0.3, -0.25) is 4.98 Å². The van der Waals surface area contributed by atoms with Gasteiger partial charge in [0.05, 0.1) is 17.8 Å². The molecule has 20 heavy (non-hydrogen) atoms. The van der Waals surface area contributed by atoms with Gasteiger partial charge >= 0.3 is 5.82 Å².